The van der Waals surface area contributed by atoms with Crippen LogP contribution in [-0.2, 0) is 35.1 Å². The summed E-state index contributed by atoms with van der Waals surface area (Å²) in [6.07, 6.45) is -10.6. The number of hydrogen-bond acceptors (Lipinski definition) is 16. The largest absolute Gasteiger partial charge is 0.508 e. The summed E-state index contributed by atoms with van der Waals surface area (Å²) >= 11 is 0. The third kappa shape index (κ3) is 6.69. The molecule has 19 nitrogen and oxygen atoms in total. The van der Waals surface area contributed by atoms with Gasteiger partial charge in [-0.2, -0.15) is 0 Å². The summed E-state index contributed by atoms with van der Waals surface area (Å²) < 4.78 is 11.4. The van der Waals surface area contributed by atoms with Crippen molar-refractivity contribution in [2.75, 3.05) is 45.0 Å². The zero-order valence-electron chi connectivity index (χ0n) is 30.8. The summed E-state index contributed by atoms with van der Waals surface area (Å²) in [6, 6.07) is 0.181. The highest BCUT2D eigenvalue weighted by Gasteiger charge is 2.64. The summed E-state index contributed by atoms with van der Waals surface area (Å²) in [4.78, 5) is 68.7. The molecular formula is C35H47N5O14. The van der Waals surface area contributed by atoms with Gasteiger partial charge >= 0.3 is 5.97 Å². The molecule has 0 spiro atoms. The van der Waals surface area contributed by atoms with E-state index in [9.17, 15) is 59.7 Å². The fraction of sp³-hybridized carbons (Fsp3) is 0.571. The van der Waals surface area contributed by atoms with Crippen LogP contribution in [0.3, 0.4) is 0 Å². The van der Waals surface area contributed by atoms with E-state index in [0.717, 1.165) is 0 Å². The SMILES string of the molecule is CN(C)c1cc(NC(=O)CNC(C)(C)C)c(O[C@@H]2O[C@H](C(=O)O)[C@@H](O)[C@H](O)[C@H]2O)c2c1C[C@H]1C[C@H]3[C@@H](N(C)C)C(=O)C(C(N)=O)=C(O)[C@@]3(O)C(=O)C1=C2O. The lowest BCUT2D eigenvalue weighted by molar-refractivity contribution is -0.271. The van der Waals surface area contributed by atoms with Crippen molar-refractivity contribution < 1.29 is 69.2 Å². The Morgan fingerprint density at radius 3 is 2.22 bits per heavy atom. The molecule has 5 rings (SSSR count). The van der Waals surface area contributed by atoms with E-state index in [0.29, 0.717) is 11.3 Å². The van der Waals surface area contributed by atoms with Gasteiger partial charge in [-0.25, -0.2) is 4.79 Å². The quantitative estimate of drug-likeness (QED) is 0.121. The second-order valence-electron chi connectivity index (χ2n) is 15.5. The number of carboxylic acids is 1. The summed E-state index contributed by atoms with van der Waals surface area (Å²) in [5.41, 5.74) is 0.901. The molecule has 1 heterocycles. The highest BCUT2D eigenvalue weighted by Crippen LogP contribution is 2.55. The number of aliphatic hydroxyl groups is 6. The van der Waals surface area contributed by atoms with Crippen LogP contribution in [0, 0.1) is 11.8 Å². The maximum atomic E-state index is 14.5. The number of Topliss-reactive ketones (excluding diaryl/α,β-unsaturated/α-hetero) is 2. The number of rotatable bonds is 9. The first-order valence-corrected chi connectivity index (χ1v) is 17.1. The van der Waals surface area contributed by atoms with Gasteiger partial charge in [0.25, 0.3) is 5.91 Å². The monoisotopic (exact) mass is 761 g/mol. The van der Waals surface area contributed by atoms with Crippen molar-refractivity contribution in [3.63, 3.8) is 0 Å². The van der Waals surface area contributed by atoms with Crippen molar-refractivity contribution >= 4 is 46.5 Å². The van der Waals surface area contributed by atoms with Crippen molar-refractivity contribution in [2.24, 2.45) is 17.6 Å². The molecule has 3 aliphatic carbocycles. The average Bonchev–Trinajstić information content (AvgIpc) is 3.05. The van der Waals surface area contributed by atoms with E-state index in [1.807, 2.05) is 20.8 Å². The van der Waals surface area contributed by atoms with Gasteiger partial charge in [-0.1, -0.05) is 0 Å². The van der Waals surface area contributed by atoms with E-state index in [2.05, 4.69) is 10.6 Å². The number of carboxylic acid groups (broad SMARTS) is 1. The Bertz CT molecular complexity index is 1850. The molecule has 0 radical (unpaired) electrons. The first-order chi connectivity index (χ1) is 24.9. The van der Waals surface area contributed by atoms with Crippen molar-refractivity contribution in [3.8, 4) is 5.75 Å². The molecule has 1 saturated heterocycles. The Labute approximate surface area is 309 Å². The van der Waals surface area contributed by atoms with E-state index in [1.165, 1.54) is 25.1 Å². The van der Waals surface area contributed by atoms with Crippen molar-refractivity contribution in [2.45, 2.75) is 81.5 Å². The van der Waals surface area contributed by atoms with E-state index in [1.54, 1.807) is 19.0 Å². The molecule has 1 aromatic rings. The highest BCUT2D eigenvalue weighted by molar-refractivity contribution is 6.24. The van der Waals surface area contributed by atoms with Crippen LogP contribution in [0.4, 0.5) is 11.4 Å². The molecule has 9 atom stereocenters. The van der Waals surface area contributed by atoms with Gasteiger partial charge in [0.15, 0.2) is 23.2 Å². The minimum atomic E-state index is -2.90. The molecule has 0 unspecified atom stereocenters. The minimum absolute atomic E-state index is 0.0641. The normalized spacial score (nSPS) is 31.1. The number of amides is 2. The van der Waals surface area contributed by atoms with Crippen molar-refractivity contribution in [1.29, 1.82) is 0 Å². The van der Waals surface area contributed by atoms with Crippen molar-refractivity contribution in [1.82, 2.24) is 10.2 Å². The van der Waals surface area contributed by atoms with E-state index < -0.39 is 117 Å². The van der Waals surface area contributed by atoms with Crippen LogP contribution in [0.15, 0.2) is 23.0 Å². The topological polar surface area (TPSA) is 302 Å². The number of nitrogens with two attached hydrogens (primary N) is 1. The molecule has 4 aliphatic rings. The summed E-state index contributed by atoms with van der Waals surface area (Å²) in [5.74, 6) is -10.6. The fourth-order valence-corrected chi connectivity index (χ4v) is 7.70. The lowest BCUT2D eigenvalue weighted by atomic mass is 9.57. The fourth-order valence-electron chi connectivity index (χ4n) is 7.70. The summed E-state index contributed by atoms with van der Waals surface area (Å²) in [6.45, 7) is 5.23. The second kappa shape index (κ2) is 14.2. The van der Waals surface area contributed by atoms with Gasteiger partial charge in [-0.15, -0.1) is 0 Å². The van der Waals surface area contributed by atoms with E-state index >= 15 is 0 Å². The number of nitrogens with one attached hydrogen (secondary N) is 2. The number of fused-ring (bicyclic) bond motifs is 3. The Kier molecular flexibility index (Phi) is 10.7. The second-order valence-corrected chi connectivity index (χ2v) is 15.5. The Hall–Kier alpha value is -4.63. The lowest BCUT2D eigenvalue weighted by Crippen LogP contribution is -2.65. The number of carbonyl (C=O) groups is 5. The zero-order valence-corrected chi connectivity index (χ0v) is 30.8. The predicted octanol–water partition coefficient (Wildman–Crippen LogP) is -2.08. The zero-order chi connectivity index (χ0) is 40.5. The third-order valence-electron chi connectivity index (χ3n) is 10.3. The van der Waals surface area contributed by atoms with Gasteiger partial charge in [0, 0.05) is 36.8 Å². The van der Waals surface area contributed by atoms with Gasteiger partial charge < -0.3 is 66.5 Å². The number of ketones is 2. The van der Waals surface area contributed by atoms with Gasteiger partial charge in [0.2, 0.25) is 18.0 Å². The number of benzene rings is 1. The van der Waals surface area contributed by atoms with Crippen LogP contribution >= 0.6 is 0 Å². The number of likely N-dealkylation sites (N-methyl/N-ethyl adjacent to an activating group) is 1. The van der Waals surface area contributed by atoms with Gasteiger partial charge in [-0.05, 0) is 65.3 Å². The Morgan fingerprint density at radius 1 is 1.06 bits per heavy atom. The van der Waals surface area contributed by atoms with Crippen molar-refractivity contribution in [3.05, 3.63) is 34.1 Å². The van der Waals surface area contributed by atoms with Crippen LogP contribution in [0.1, 0.15) is 38.3 Å². The summed E-state index contributed by atoms with van der Waals surface area (Å²) in [7, 11) is 6.29. The third-order valence-corrected chi connectivity index (χ3v) is 10.3. The van der Waals surface area contributed by atoms with E-state index in [4.69, 9.17) is 15.2 Å². The smallest absolute Gasteiger partial charge is 0.335 e. The molecule has 11 N–H and O–H groups in total. The molecule has 0 bridgehead atoms. The lowest BCUT2D eigenvalue weighted by Gasteiger charge is -2.50. The molecule has 54 heavy (non-hydrogen) atoms. The first-order valence-electron chi connectivity index (χ1n) is 17.1. The molecule has 296 valence electrons. The van der Waals surface area contributed by atoms with Crippen LogP contribution in [0.2, 0.25) is 0 Å². The maximum absolute atomic E-state index is 14.5. The number of hydrogen-bond donors (Lipinski definition) is 10. The Morgan fingerprint density at radius 2 is 1.69 bits per heavy atom. The van der Waals surface area contributed by atoms with Crippen LogP contribution < -0.4 is 26.0 Å². The predicted molar refractivity (Wildman–Crippen MR) is 188 cm³/mol. The van der Waals surface area contributed by atoms with Crippen LogP contribution in [0.5, 0.6) is 5.75 Å². The standard InChI is InChI=1S/C35H47N5O14/c1-34(2,3)37-11-17(41)38-15-10-16(39(4)5)13-8-12-9-14-21(40(6)7)23(43)20(31(36)49)30(48)35(14,52)29(47)18(12)22(42)19(13)27(15)53-33-26(46)24(44)25(45)28(54-33)32(50)51/h10,12,14,21,24-26,28,33,37,42,44-46,48,52H,8-9,11H2,1-7H3,(H2,36,49)(H,38,41)(H,50,51)/t12-,14-,21+,24-,25-,26+,28-,33+,35-/m0/s1. The molecule has 2 amide bonds. The molecule has 1 saturated carbocycles. The average molecular weight is 762 g/mol. The summed E-state index contributed by atoms with van der Waals surface area (Å²) in [5, 5.41) is 82.5. The molecular weight excluding hydrogens is 714 g/mol. The Balaban J connectivity index is 1.76. The number of carbonyl (C=O) groups excluding carboxylic acids is 4. The van der Waals surface area contributed by atoms with Crippen LogP contribution in [-0.4, -0.2) is 153 Å². The first kappa shape index (κ1) is 40.6. The van der Waals surface area contributed by atoms with Gasteiger partial charge in [0.1, 0.15) is 35.4 Å². The maximum Gasteiger partial charge on any atom is 0.335 e. The molecule has 19 heteroatoms. The van der Waals surface area contributed by atoms with Crippen LogP contribution in [0.25, 0.3) is 5.76 Å². The number of aliphatic carboxylic acids is 1. The minimum Gasteiger partial charge on any atom is -0.508 e. The van der Waals surface area contributed by atoms with Gasteiger partial charge in [0.05, 0.1) is 23.8 Å². The molecule has 1 aliphatic heterocycles. The number of aliphatic hydroxyl groups excluding tert-OH is 5. The van der Waals surface area contributed by atoms with E-state index in [-0.39, 0.29) is 30.6 Å². The number of ether oxygens (including phenoxy) is 2. The highest BCUT2D eigenvalue weighted by atomic mass is 16.7. The number of anilines is 2. The molecule has 0 aromatic heterocycles. The molecule has 1 aromatic carbocycles. The van der Waals surface area contributed by atoms with Gasteiger partial charge in [-0.3, -0.25) is 24.1 Å². The molecule has 2 fully saturated rings. The number of nitrogens with zero attached hydrogens (tertiary/aromatic N) is 2. The number of primary amides is 1.